The Labute approximate surface area is 127 Å². The van der Waals surface area contributed by atoms with E-state index < -0.39 is 29.5 Å². The Balaban J connectivity index is 2.64. The molecule has 1 rings (SSSR count). The standard InChI is InChI=1S/C14H20N4O4/c1-14(2,12(16)20)18-11(19)10(15)7-8-3-5-9(6-4-8)17-13(21)22/h3-6,10,17H,7,15H2,1-2H3,(H2,16,20)(H,18,19)(H,21,22)/t10-/m0/s1. The Hall–Kier alpha value is -2.61. The van der Waals surface area contributed by atoms with Crippen molar-refractivity contribution in [3.63, 3.8) is 0 Å². The van der Waals surface area contributed by atoms with Crippen LogP contribution in [0.2, 0.25) is 0 Å². The zero-order valence-corrected chi connectivity index (χ0v) is 12.4. The normalized spacial score (nSPS) is 12.3. The van der Waals surface area contributed by atoms with E-state index in [2.05, 4.69) is 10.6 Å². The molecular formula is C14H20N4O4. The SMILES string of the molecule is CC(C)(NC(=O)[C@@H](N)Cc1ccc(NC(=O)O)cc1)C(N)=O. The molecule has 0 unspecified atom stereocenters. The van der Waals surface area contributed by atoms with E-state index >= 15 is 0 Å². The second-order valence-electron chi connectivity index (χ2n) is 5.42. The molecule has 8 heteroatoms. The fourth-order valence-corrected chi connectivity index (χ4v) is 1.66. The molecule has 0 saturated carbocycles. The van der Waals surface area contributed by atoms with Gasteiger partial charge in [-0.15, -0.1) is 0 Å². The Morgan fingerprint density at radius 3 is 2.23 bits per heavy atom. The number of anilines is 1. The summed E-state index contributed by atoms with van der Waals surface area (Å²) in [5.74, 6) is -1.14. The smallest absolute Gasteiger partial charge is 0.409 e. The van der Waals surface area contributed by atoms with E-state index in [-0.39, 0.29) is 6.42 Å². The number of carbonyl (C=O) groups is 3. The van der Waals surface area contributed by atoms with Gasteiger partial charge in [-0.3, -0.25) is 14.9 Å². The van der Waals surface area contributed by atoms with Gasteiger partial charge in [0.15, 0.2) is 0 Å². The molecule has 0 spiro atoms. The highest BCUT2D eigenvalue weighted by atomic mass is 16.4. The minimum absolute atomic E-state index is 0.244. The molecule has 0 heterocycles. The summed E-state index contributed by atoms with van der Waals surface area (Å²) in [6, 6.07) is 5.62. The van der Waals surface area contributed by atoms with Crippen LogP contribution in [-0.2, 0) is 16.0 Å². The van der Waals surface area contributed by atoms with E-state index in [0.29, 0.717) is 5.69 Å². The maximum atomic E-state index is 11.9. The Morgan fingerprint density at radius 1 is 1.23 bits per heavy atom. The van der Waals surface area contributed by atoms with Crippen molar-refractivity contribution in [3.8, 4) is 0 Å². The average molecular weight is 308 g/mol. The molecule has 1 atom stereocenters. The molecule has 0 bridgehead atoms. The quantitative estimate of drug-likeness (QED) is 0.502. The second-order valence-corrected chi connectivity index (χ2v) is 5.42. The number of rotatable bonds is 6. The number of hydrogen-bond acceptors (Lipinski definition) is 4. The fourth-order valence-electron chi connectivity index (χ4n) is 1.66. The highest BCUT2D eigenvalue weighted by molar-refractivity contribution is 5.91. The number of carbonyl (C=O) groups excluding carboxylic acids is 2. The molecule has 8 nitrogen and oxygen atoms in total. The maximum absolute atomic E-state index is 11.9. The van der Waals surface area contributed by atoms with Gasteiger partial charge in [-0.25, -0.2) is 4.79 Å². The van der Waals surface area contributed by atoms with Gasteiger partial charge in [-0.1, -0.05) is 12.1 Å². The van der Waals surface area contributed by atoms with Crippen LogP contribution in [0.5, 0.6) is 0 Å². The summed E-state index contributed by atoms with van der Waals surface area (Å²) in [5, 5.41) is 13.3. The first kappa shape index (κ1) is 17.4. The van der Waals surface area contributed by atoms with Gasteiger partial charge >= 0.3 is 6.09 Å². The Morgan fingerprint density at radius 2 is 1.77 bits per heavy atom. The first-order chi connectivity index (χ1) is 10.1. The third-order valence-corrected chi connectivity index (χ3v) is 3.05. The number of benzene rings is 1. The van der Waals surface area contributed by atoms with Gasteiger partial charge in [0.25, 0.3) is 0 Å². The Bertz CT molecular complexity index is 569. The summed E-state index contributed by atoms with van der Waals surface area (Å²) in [4.78, 5) is 33.6. The van der Waals surface area contributed by atoms with Crippen LogP contribution in [0.15, 0.2) is 24.3 Å². The Kier molecular flexibility index (Phi) is 5.47. The van der Waals surface area contributed by atoms with Crippen LogP contribution in [0.1, 0.15) is 19.4 Å². The number of primary amides is 1. The molecule has 0 radical (unpaired) electrons. The molecule has 0 aliphatic heterocycles. The lowest BCUT2D eigenvalue weighted by Crippen LogP contribution is -2.57. The number of nitrogens with two attached hydrogens (primary N) is 2. The monoisotopic (exact) mass is 308 g/mol. The van der Waals surface area contributed by atoms with Gasteiger partial charge in [0.05, 0.1) is 6.04 Å². The first-order valence-electron chi connectivity index (χ1n) is 6.58. The minimum Gasteiger partial charge on any atom is -0.465 e. The zero-order chi connectivity index (χ0) is 16.9. The zero-order valence-electron chi connectivity index (χ0n) is 12.4. The molecule has 0 fully saturated rings. The molecule has 0 aliphatic carbocycles. The van der Waals surface area contributed by atoms with Crippen molar-refractivity contribution in [2.45, 2.75) is 31.8 Å². The van der Waals surface area contributed by atoms with Crippen LogP contribution in [0, 0.1) is 0 Å². The van der Waals surface area contributed by atoms with E-state index in [4.69, 9.17) is 16.6 Å². The molecule has 120 valence electrons. The van der Waals surface area contributed by atoms with Crippen LogP contribution in [0.3, 0.4) is 0 Å². The lowest BCUT2D eigenvalue weighted by molar-refractivity contribution is -0.131. The molecular weight excluding hydrogens is 288 g/mol. The van der Waals surface area contributed by atoms with Crippen molar-refractivity contribution in [2.24, 2.45) is 11.5 Å². The van der Waals surface area contributed by atoms with Crippen molar-refractivity contribution < 1.29 is 19.5 Å². The number of carboxylic acid groups (broad SMARTS) is 1. The third kappa shape index (κ3) is 5.06. The van der Waals surface area contributed by atoms with Crippen molar-refractivity contribution in [1.82, 2.24) is 5.32 Å². The molecule has 22 heavy (non-hydrogen) atoms. The van der Waals surface area contributed by atoms with E-state index in [0.717, 1.165) is 5.56 Å². The highest BCUT2D eigenvalue weighted by Crippen LogP contribution is 2.11. The van der Waals surface area contributed by atoms with Crippen LogP contribution < -0.4 is 22.1 Å². The van der Waals surface area contributed by atoms with Crippen molar-refractivity contribution in [2.75, 3.05) is 5.32 Å². The van der Waals surface area contributed by atoms with Gasteiger partial charge < -0.3 is 21.9 Å². The minimum atomic E-state index is -1.18. The molecule has 0 saturated heterocycles. The summed E-state index contributed by atoms with van der Waals surface area (Å²) in [6.45, 7) is 2.98. The van der Waals surface area contributed by atoms with E-state index in [1.54, 1.807) is 24.3 Å². The molecule has 1 aromatic rings. The number of amides is 3. The fraction of sp³-hybridized carbons (Fsp3) is 0.357. The van der Waals surface area contributed by atoms with Crippen molar-refractivity contribution in [1.29, 1.82) is 0 Å². The maximum Gasteiger partial charge on any atom is 0.409 e. The first-order valence-corrected chi connectivity index (χ1v) is 6.58. The molecule has 3 amide bonds. The van der Waals surface area contributed by atoms with E-state index in [1.165, 1.54) is 13.8 Å². The number of nitrogens with one attached hydrogen (secondary N) is 2. The van der Waals surface area contributed by atoms with Gasteiger partial charge in [0, 0.05) is 5.69 Å². The molecule has 1 aromatic carbocycles. The predicted molar refractivity (Wildman–Crippen MR) is 81.2 cm³/mol. The molecule has 0 aliphatic rings. The van der Waals surface area contributed by atoms with Crippen molar-refractivity contribution in [3.05, 3.63) is 29.8 Å². The molecule has 7 N–H and O–H groups in total. The summed E-state index contributed by atoms with van der Waals surface area (Å²) < 4.78 is 0. The topological polar surface area (TPSA) is 148 Å². The summed E-state index contributed by atoms with van der Waals surface area (Å²) >= 11 is 0. The number of hydrogen-bond donors (Lipinski definition) is 5. The van der Waals surface area contributed by atoms with E-state index in [9.17, 15) is 14.4 Å². The van der Waals surface area contributed by atoms with Gasteiger partial charge in [0.2, 0.25) is 11.8 Å². The van der Waals surface area contributed by atoms with Gasteiger partial charge in [-0.2, -0.15) is 0 Å². The van der Waals surface area contributed by atoms with Gasteiger partial charge in [-0.05, 0) is 38.0 Å². The summed E-state index contributed by atoms with van der Waals surface area (Å²) in [5.41, 5.74) is 11.0. The van der Waals surface area contributed by atoms with Crippen LogP contribution in [0.4, 0.5) is 10.5 Å². The van der Waals surface area contributed by atoms with Crippen LogP contribution >= 0.6 is 0 Å². The second kappa shape index (κ2) is 6.90. The largest absolute Gasteiger partial charge is 0.465 e. The average Bonchev–Trinajstić information content (AvgIpc) is 2.39. The van der Waals surface area contributed by atoms with Gasteiger partial charge in [0.1, 0.15) is 5.54 Å². The lowest BCUT2D eigenvalue weighted by Gasteiger charge is -2.24. The summed E-state index contributed by atoms with van der Waals surface area (Å²) in [7, 11) is 0. The lowest BCUT2D eigenvalue weighted by atomic mass is 10.0. The predicted octanol–water partition coefficient (Wildman–Crippen LogP) is 0.0264. The highest BCUT2D eigenvalue weighted by Gasteiger charge is 2.29. The third-order valence-electron chi connectivity index (χ3n) is 3.05. The van der Waals surface area contributed by atoms with Crippen molar-refractivity contribution >= 4 is 23.6 Å². The van der Waals surface area contributed by atoms with Crippen LogP contribution in [0.25, 0.3) is 0 Å². The summed E-state index contributed by atoms with van der Waals surface area (Å²) in [6.07, 6.45) is -0.911. The van der Waals surface area contributed by atoms with Crippen LogP contribution in [-0.4, -0.2) is 34.6 Å². The molecule has 0 aromatic heterocycles. The van der Waals surface area contributed by atoms with E-state index in [1.807, 2.05) is 0 Å².